The van der Waals surface area contributed by atoms with Gasteiger partial charge in [0.1, 0.15) is 0 Å². The van der Waals surface area contributed by atoms with Gasteiger partial charge < -0.3 is 4.90 Å². The zero-order valence-electron chi connectivity index (χ0n) is 14.0. The molecule has 0 bridgehead atoms. The number of hydrogen-bond donors (Lipinski definition) is 0. The molecule has 0 radical (unpaired) electrons. The Morgan fingerprint density at radius 2 is 2.09 bits per heavy atom. The number of amides is 1. The van der Waals surface area contributed by atoms with E-state index >= 15 is 0 Å². The van der Waals surface area contributed by atoms with Gasteiger partial charge in [-0.2, -0.15) is 0 Å². The van der Waals surface area contributed by atoms with Gasteiger partial charge in [-0.05, 0) is 44.9 Å². The SMILES string of the molecule is CC#CC(SC(C)=NC)c1ccc2c(c1)N(C)C(=O)C2(C)C. The van der Waals surface area contributed by atoms with Crippen LogP contribution in [0.25, 0.3) is 0 Å². The van der Waals surface area contributed by atoms with E-state index in [1.807, 2.05) is 34.7 Å². The van der Waals surface area contributed by atoms with Crippen molar-refractivity contribution in [2.45, 2.75) is 38.4 Å². The highest BCUT2D eigenvalue weighted by molar-refractivity contribution is 8.14. The van der Waals surface area contributed by atoms with Gasteiger partial charge in [-0.3, -0.25) is 9.79 Å². The van der Waals surface area contributed by atoms with Gasteiger partial charge in [0.05, 0.1) is 15.7 Å². The van der Waals surface area contributed by atoms with Gasteiger partial charge in [0.15, 0.2) is 0 Å². The molecule has 1 aliphatic heterocycles. The first-order chi connectivity index (χ1) is 10.3. The number of carbonyl (C=O) groups is 1. The summed E-state index contributed by atoms with van der Waals surface area (Å²) in [7, 11) is 3.63. The van der Waals surface area contributed by atoms with Crippen LogP contribution >= 0.6 is 11.8 Å². The van der Waals surface area contributed by atoms with Crippen LogP contribution in [0.3, 0.4) is 0 Å². The molecular weight excluding hydrogens is 292 g/mol. The van der Waals surface area contributed by atoms with Crippen molar-refractivity contribution < 1.29 is 4.79 Å². The number of thioether (sulfide) groups is 1. The topological polar surface area (TPSA) is 32.7 Å². The number of anilines is 1. The van der Waals surface area contributed by atoms with E-state index in [0.717, 1.165) is 21.9 Å². The van der Waals surface area contributed by atoms with Crippen LogP contribution in [0.5, 0.6) is 0 Å². The summed E-state index contributed by atoms with van der Waals surface area (Å²) in [6, 6.07) is 6.24. The van der Waals surface area contributed by atoms with Crippen LogP contribution in [-0.4, -0.2) is 25.0 Å². The largest absolute Gasteiger partial charge is 0.314 e. The van der Waals surface area contributed by atoms with Gasteiger partial charge >= 0.3 is 0 Å². The molecule has 0 fully saturated rings. The summed E-state index contributed by atoms with van der Waals surface area (Å²) in [5.41, 5.74) is 2.72. The fourth-order valence-electron chi connectivity index (χ4n) is 2.70. The Balaban J connectivity index is 2.46. The van der Waals surface area contributed by atoms with Crippen LogP contribution in [0.1, 0.15) is 44.1 Å². The number of carbonyl (C=O) groups excluding carboxylic acids is 1. The maximum atomic E-state index is 12.4. The fourth-order valence-corrected chi connectivity index (χ4v) is 3.60. The molecule has 22 heavy (non-hydrogen) atoms. The van der Waals surface area contributed by atoms with Crippen LogP contribution in [0.2, 0.25) is 0 Å². The zero-order valence-corrected chi connectivity index (χ0v) is 14.8. The number of hydrogen-bond acceptors (Lipinski definition) is 3. The molecule has 1 aromatic rings. The molecule has 0 aromatic heterocycles. The monoisotopic (exact) mass is 314 g/mol. The van der Waals surface area contributed by atoms with E-state index in [-0.39, 0.29) is 11.2 Å². The number of rotatable bonds is 2. The molecule has 116 valence electrons. The van der Waals surface area contributed by atoms with Gasteiger partial charge in [-0.1, -0.05) is 29.8 Å². The molecule has 4 heteroatoms. The number of benzene rings is 1. The molecule has 1 unspecified atom stereocenters. The van der Waals surface area contributed by atoms with Gasteiger partial charge in [0, 0.05) is 19.8 Å². The molecule has 1 amide bonds. The van der Waals surface area contributed by atoms with Crippen LogP contribution in [0.15, 0.2) is 23.2 Å². The minimum atomic E-state index is -0.456. The molecule has 0 spiro atoms. The predicted octanol–water partition coefficient (Wildman–Crippen LogP) is 3.79. The Bertz CT molecular complexity index is 695. The first kappa shape index (κ1) is 16.6. The first-order valence-electron chi connectivity index (χ1n) is 7.27. The molecule has 0 aliphatic carbocycles. The first-order valence-corrected chi connectivity index (χ1v) is 8.15. The van der Waals surface area contributed by atoms with Crippen molar-refractivity contribution in [3.63, 3.8) is 0 Å². The molecule has 0 saturated heterocycles. The van der Waals surface area contributed by atoms with E-state index in [0.29, 0.717) is 0 Å². The normalized spacial score (nSPS) is 17.8. The van der Waals surface area contributed by atoms with Gasteiger partial charge in [-0.15, -0.1) is 5.92 Å². The molecule has 1 aromatic carbocycles. The van der Waals surface area contributed by atoms with Crippen molar-refractivity contribution in [2.75, 3.05) is 19.0 Å². The average Bonchev–Trinajstić information content (AvgIpc) is 2.67. The number of fused-ring (bicyclic) bond motifs is 1. The lowest BCUT2D eigenvalue weighted by Gasteiger charge is -2.16. The maximum Gasteiger partial charge on any atom is 0.236 e. The van der Waals surface area contributed by atoms with Crippen LogP contribution < -0.4 is 4.90 Å². The Hall–Kier alpha value is -1.73. The highest BCUT2D eigenvalue weighted by Gasteiger charge is 2.42. The molecule has 1 aliphatic rings. The second kappa shape index (κ2) is 6.18. The van der Waals surface area contributed by atoms with E-state index in [4.69, 9.17) is 0 Å². The summed E-state index contributed by atoms with van der Waals surface area (Å²) in [4.78, 5) is 18.3. The third kappa shape index (κ3) is 2.78. The number of aliphatic imine (C=N–C) groups is 1. The van der Waals surface area contributed by atoms with Gasteiger partial charge in [-0.25, -0.2) is 0 Å². The Morgan fingerprint density at radius 3 is 2.68 bits per heavy atom. The predicted molar refractivity (Wildman–Crippen MR) is 95.7 cm³/mol. The average molecular weight is 314 g/mol. The van der Waals surface area contributed by atoms with E-state index in [9.17, 15) is 4.79 Å². The summed E-state index contributed by atoms with van der Waals surface area (Å²) < 4.78 is 0. The van der Waals surface area contributed by atoms with E-state index < -0.39 is 5.41 Å². The van der Waals surface area contributed by atoms with Crippen molar-refractivity contribution >= 4 is 28.4 Å². The minimum Gasteiger partial charge on any atom is -0.314 e. The van der Waals surface area contributed by atoms with Crippen LogP contribution in [0, 0.1) is 11.8 Å². The Kier molecular flexibility index (Phi) is 4.67. The molecule has 1 atom stereocenters. The second-order valence-electron chi connectivity index (χ2n) is 5.90. The van der Waals surface area contributed by atoms with Crippen molar-refractivity contribution in [1.82, 2.24) is 0 Å². The van der Waals surface area contributed by atoms with Crippen molar-refractivity contribution in [1.29, 1.82) is 0 Å². The highest BCUT2D eigenvalue weighted by Crippen LogP contribution is 2.43. The Morgan fingerprint density at radius 1 is 1.41 bits per heavy atom. The lowest BCUT2D eigenvalue weighted by molar-refractivity contribution is -0.121. The standard InChI is InChI=1S/C18H22N2OS/c1-7-8-16(22-12(2)19-5)13-9-10-14-15(11-13)20(6)17(21)18(14,3)4/h9-11,16H,1-6H3. The summed E-state index contributed by atoms with van der Waals surface area (Å²) in [5, 5.41) is 1.03. The van der Waals surface area contributed by atoms with E-state index in [1.165, 1.54) is 0 Å². The lowest BCUT2D eigenvalue weighted by Crippen LogP contribution is -2.33. The smallest absolute Gasteiger partial charge is 0.236 e. The molecular formula is C18H22N2OS. The summed E-state index contributed by atoms with van der Waals surface area (Å²) in [6.07, 6.45) is 0. The number of nitrogens with zero attached hydrogens (tertiary/aromatic N) is 2. The molecule has 1 heterocycles. The van der Waals surface area contributed by atoms with E-state index in [1.54, 1.807) is 23.7 Å². The highest BCUT2D eigenvalue weighted by atomic mass is 32.2. The van der Waals surface area contributed by atoms with Crippen molar-refractivity contribution in [2.24, 2.45) is 4.99 Å². The molecule has 0 N–H and O–H groups in total. The molecule has 3 nitrogen and oxygen atoms in total. The minimum absolute atomic E-state index is 0.0335. The van der Waals surface area contributed by atoms with Crippen LogP contribution in [0.4, 0.5) is 5.69 Å². The van der Waals surface area contributed by atoms with Crippen molar-refractivity contribution in [3.8, 4) is 11.8 Å². The van der Waals surface area contributed by atoms with Crippen LogP contribution in [-0.2, 0) is 10.2 Å². The number of likely N-dealkylation sites (N-methyl/N-ethyl adjacent to an activating group) is 1. The van der Waals surface area contributed by atoms with Gasteiger partial charge in [0.2, 0.25) is 5.91 Å². The summed E-state index contributed by atoms with van der Waals surface area (Å²) >= 11 is 1.64. The molecule has 0 saturated carbocycles. The van der Waals surface area contributed by atoms with Gasteiger partial charge in [0.25, 0.3) is 0 Å². The summed E-state index contributed by atoms with van der Waals surface area (Å²) in [6.45, 7) is 7.78. The maximum absolute atomic E-state index is 12.4. The quantitative estimate of drug-likeness (QED) is 0.473. The van der Waals surface area contributed by atoms with Crippen molar-refractivity contribution in [3.05, 3.63) is 29.3 Å². The second-order valence-corrected chi connectivity index (χ2v) is 7.20. The molecule has 2 rings (SSSR count). The third-order valence-electron chi connectivity index (χ3n) is 4.08. The Labute approximate surface area is 137 Å². The zero-order chi connectivity index (χ0) is 16.5. The lowest BCUT2D eigenvalue weighted by atomic mass is 9.85. The summed E-state index contributed by atoms with van der Waals surface area (Å²) in [5.74, 6) is 6.36. The third-order valence-corrected chi connectivity index (χ3v) is 5.23. The fraction of sp³-hybridized carbons (Fsp3) is 0.444. The van der Waals surface area contributed by atoms with E-state index in [2.05, 4.69) is 35.0 Å².